The van der Waals surface area contributed by atoms with Crippen molar-refractivity contribution >= 4 is 17.3 Å². The molecular weight excluding hydrogens is 160 g/mol. The first kappa shape index (κ1) is 7.90. The molecule has 0 bridgehead atoms. The van der Waals surface area contributed by atoms with Gasteiger partial charge in [0.2, 0.25) is 0 Å². The van der Waals surface area contributed by atoms with Crippen LogP contribution in [0.3, 0.4) is 0 Å². The monoisotopic (exact) mass is 166 g/mol. The fourth-order valence-corrected chi connectivity index (χ4v) is 1.04. The quantitative estimate of drug-likeness (QED) is 0.600. The zero-order valence-corrected chi connectivity index (χ0v) is 6.81. The Labute approximate surface area is 70.2 Å². The number of anilines is 1. The van der Waals surface area contributed by atoms with E-state index in [1.807, 2.05) is 6.07 Å². The minimum atomic E-state index is 0.525. The summed E-state index contributed by atoms with van der Waals surface area (Å²) in [6, 6.07) is 5.26. The van der Waals surface area contributed by atoms with E-state index in [4.69, 9.17) is 22.6 Å². The van der Waals surface area contributed by atoms with Crippen molar-refractivity contribution in [3.05, 3.63) is 28.3 Å². The zero-order chi connectivity index (χ0) is 8.43. The lowest BCUT2D eigenvalue weighted by Crippen LogP contribution is -1.89. The second-order valence-corrected chi connectivity index (χ2v) is 2.69. The third-order valence-electron chi connectivity index (χ3n) is 1.49. The van der Waals surface area contributed by atoms with E-state index in [1.54, 1.807) is 19.1 Å². The van der Waals surface area contributed by atoms with Crippen molar-refractivity contribution in [2.45, 2.75) is 6.92 Å². The van der Waals surface area contributed by atoms with Crippen LogP contribution >= 0.6 is 11.6 Å². The van der Waals surface area contributed by atoms with Gasteiger partial charge in [-0.3, -0.25) is 0 Å². The zero-order valence-electron chi connectivity index (χ0n) is 6.06. The van der Waals surface area contributed by atoms with E-state index in [0.29, 0.717) is 16.3 Å². The lowest BCUT2D eigenvalue weighted by Gasteiger charge is -2.00. The highest BCUT2D eigenvalue weighted by Gasteiger charge is 2.02. The molecular formula is C8H7ClN2. The largest absolute Gasteiger partial charge is 0.399 e. The predicted molar refractivity (Wildman–Crippen MR) is 45.3 cm³/mol. The molecule has 1 rings (SSSR count). The van der Waals surface area contributed by atoms with Crippen LogP contribution in [-0.2, 0) is 0 Å². The van der Waals surface area contributed by atoms with Gasteiger partial charge < -0.3 is 5.73 Å². The summed E-state index contributed by atoms with van der Waals surface area (Å²) >= 11 is 5.77. The molecule has 0 saturated heterocycles. The van der Waals surface area contributed by atoms with Crippen molar-refractivity contribution in [3.8, 4) is 6.07 Å². The summed E-state index contributed by atoms with van der Waals surface area (Å²) in [6.45, 7) is 1.79. The fourth-order valence-electron chi connectivity index (χ4n) is 0.816. The van der Waals surface area contributed by atoms with Gasteiger partial charge in [0.1, 0.15) is 0 Å². The standard InChI is InChI=1S/C8H7ClN2/c1-5-6(4-10)2-7(11)3-8(5)9/h2-3H,11H2,1H3. The summed E-state index contributed by atoms with van der Waals surface area (Å²) in [6.07, 6.45) is 0. The number of nitrogen functional groups attached to an aromatic ring is 1. The van der Waals surface area contributed by atoms with Crippen LogP contribution in [0.2, 0.25) is 5.02 Å². The number of nitrogens with zero attached hydrogens (tertiary/aromatic N) is 1. The maximum Gasteiger partial charge on any atom is 0.0995 e. The minimum Gasteiger partial charge on any atom is -0.399 e. The van der Waals surface area contributed by atoms with E-state index in [9.17, 15) is 0 Å². The number of nitriles is 1. The van der Waals surface area contributed by atoms with Gasteiger partial charge in [0.15, 0.2) is 0 Å². The first-order valence-corrected chi connectivity index (χ1v) is 3.48. The minimum absolute atomic E-state index is 0.525. The third kappa shape index (κ3) is 1.44. The van der Waals surface area contributed by atoms with Crippen LogP contribution in [-0.4, -0.2) is 0 Å². The fraction of sp³-hybridized carbons (Fsp3) is 0.125. The molecule has 0 radical (unpaired) electrons. The lowest BCUT2D eigenvalue weighted by molar-refractivity contribution is 1.39. The van der Waals surface area contributed by atoms with Crippen LogP contribution in [0.5, 0.6) is 0 Å². The molecule has 0 aliphatic rings. The molecule has 0 fully saturated rings. The number of hydrogen-bond donors (Lipinski definition) is 1. The van der Waals surface area contributed by atoms with Gasteiger partial charge in [-0.25, -0.2) is 0 Å². The topological polar surface area (TPSA) is 49.8 Å². The van der Waals surface area contributed by atoms with Crippen LogP contribution in [0.1, 0.15) is 11.1 Å². The summed E-state index contributed by atoms with van der Waals surface area (Å²) in [5, 5.41) is 9.15. The van der Waals surface area contributed by atoms with E-state index >= 15 is 0 Å². The van der Waals surface area contributed by atoms with Crippen molar-refractivity contribution < 1.29 is 0 Å². The highest BCUT2D eigenvalue weighted by molar-refractivity contribution is 6.31. The Bertz CT molecular complexity index is 326. The Morgan fingerprint density at radius 1 is 1.55 bits per heavy atom. The second-order valence-electron chi connectivity index (χ2n) is 2.29. The van der Waals surface area contributed by atoms with Crippen LogP contribution in [0, 0.1) is 18.3 Å². The van der Waals surface area contributed by atoms with Crippen LogP contribution in [0.15, 0.2) is 12.1 Å². The van der Waals surface area contributed by atoms with Crippen molar-refractivity contribution in [2.75, 3.05) is 5.73 Å². The Morgan fingerprint density at radius 2 is 2.18 bits per heavy atom. The maximum absolute atomic E-state index is 8.60. The molecule has 56 valence electrons. The van der Waals surface area contributed by atoms with Crippen LogP contribution < -0.4 is 5.73 Å². The SMILES string of the molecule is Cc1c(Cl)cc(N)cc1C#N. The lowest BCUT2D eigenvalue weighted by atomic mass is 10.1. The van der Waals surface area contributed by atoms with Gasteiger partial charge in [0.25, 0.3) is 0 Å². The van der Waals surface area contributed by atoms with E-state index in [2.05, 4.69) is 0 Å². The number of nitrogens with two attached hydrogens (primary N) is 1. The summed E-state index contributed by atoms with van der Waals surface area (Å²) < 4.78 is 0. The smallest absolute Gasteiger partial charge is 0.0995 e. The van der Waals surface area contributed by atoms with Gasteiger partial charge in [-0.05, 0) is 24.6 Å². The summed E-state index contributed by atoms with van der Waals surface area (Å²) in [4.78, 5) is 0. The van der Waals surface area contributed by atoms with Gasteiger partial charge in [0.05, 0.1) is 11.6 Å². The van der Waals surface area contributed by atoms with E-state index < -0.39 is 0 Å². The van der Waals surface area contributed by atoms with Crippen molar-refractivity contribution in [1.82, 2.24) is 0 Å². The average Bonchev–Trinajstić information content (AvgIpc) is 1.96. The van der Waals surface area contributed by atoms with E-state index in [1.165, 1.54) is 0 Å². The van der Waals surface area contributed by atoms with Crippen molar-refractivity contribution in [3.63, 3.8) is 0 Å². The molecule has 0 amide bonds. The van der Waals surface area contributed by atoms with Crippen LogP contribution in [0.4, 0.5) is 5.69 Å². The molecule has 2 nitrogen and oxygen atoms in total. The maximum atomic E-state index is 8.60. The highest BCUT2D eigenvalue weighted by Crippen LogP contribution is 2.21. The van der Waals surface area contributed by atoms with Gasteiger partial charge in [-0.1, -0.05) is 11.6 Å². The molecule has 0 atom stereocenters. The Kier molecular flexibility index (Phi) is 2.02. The third-order valence-corrected chi connectivity index (χ3v) is 1.88. The molecule has 0 aliphatic heterocycles. The molecule has 3 heteroatoms. The molecule has 1 aromatic rings. The van der Waals surface area contributed by atoms with E-state index in [-0.39, 0.29) is 0 Å². The van der Waals surface area contributed by atoms with Crippen LogP contribution in [0.25, 0.3) is 0 Å². The number of halogens is 1. The van der Waals surface area contributed by atoms with Gasteiger partial charge in [0, 0.05) is 10.7 Å². The molecule has 0 spiro atoms. The van der Waals surface area contributed by atoms with Gasteiger partial charge >= 0.3 is 0 Å². The number of benzene rings is 1. The first-order valence-electron chi connectivity index (χ1n) is 3.11. The summed E-state index contributed by atoms with van der Waals surface area (Å²) in [5.74, 6) is 0. The van der Waals surface area contributed by atoms with Crippen molar-refractivity contribution in [1.29, 1.82) is 5.26 Å². The normalized spacial score (nSPS) is 9.18. The molecule has 2 N–H and O–H groups in total. The average molecular weight is 167 g/mol. The van der Waals surface area contributed by atoms with Crippen molar-refractivity contribution in [2.24, 2.45) is 0 Å². The first-order chi connectivity index (χ1) is 5.15. The van der Waals surface area contributed by atoms with E-state index in [0.717, 1.165) is 5.56 Å². The van der Waals surface area contributed by atoms with Gasteiger partial charge in [-0.15, -0.1) is 0 Å². The summed E-state index contributed by atoms with van der Waals surface area (Å²) in [7, 11) is 0. The Morgan fingerprint density at radius 3 is 2.73 bits per heavy atom. The number of rotatable bonds is 0. The highest BCUT2D eigenvalue weighted by atomic mass is 35.5. The molecule has 0 saturated carbocycles. The molecule has 1 aromatic carbocycles. The molecule has 0 aliphatic carbocycles. The molecule has 0 aromatic heterocycles. The predicted octanol–water partition coefficient (Wildman–Crippen LogP) is 2.10. The summed E-state index contributed by atoms with van der Waals surface area (Å²) in [5.41, 5.74) is 7.31. The Balaban J connectivity index is 3.39. The number of hydrogen-bond acceptors (Lipinski definition) is 2. The molecule has 11 heavy (non-hydrogen) atoms. The Hall–Kier alpha value is -1.20. The van der Waals surface area contributed by atoms with Gasteiger partial charge in [-0.2, -0.15) is 5.26 Å². The molecule has 0 unspecified atom stereocenters. The second kappa shape index (κ2) is 2.81. The molecule has 0 heterocycles.